The van der Waals surface area contributed by atoms with E-state index in [4.69, 9.17) is 4.74 Å². The predicted octanol–water partition coefficient (Wildman–Crippen LogP) is 4.90. The van der Waals surface area contributed by atoms with Crippen molar-refractivity contribution in [3.05, 3.63) is 52.4 Å². The lowest BCUT2D eigenvalue weighted by Gasteiger charge is -2.41. The van der Waals surface area contributed by atoms with E-state index in [-0.39, 0.29) is 23.3 Å². The van der Waals surface area contributed by atoms with E-state index in [2.05, 4.69) is 32.7 Å². The Kier molecular flexibility index (Phi) is 5.52. The molecule has 1 aliphatic heterocycles. The Bertz CT molecular complexity index is 799. The van der Waals surface area contributed by atoms with Crippen LogP contribution >= 0.6 is 0 Å². The molecule has 5 atom stereocenters. The zero-order valence-electron chi connectivity index (χ0n) is 16.0. The highest BCUT2D eigenvalue weighted by molar-refractivity contribution is 5.70. The topological polar surface area (TPSA) is 62.3 Å². The van der Waals surface area contributed by atoms with E-state index >= 15 is 0 Å². The summed E-state index contributed by atoms with van der Waals surface area (Å²) in [6.07, 6.45) is 3.30. The van der Waals surface area contributed by atoms with Gasteiger partial charge in [0.1, 0.15) is 5.75 Å². The minimum atomic E-state index is -0.391. The average Bonchev–Trinajstić information content (AvgIpc) is 2.63. The maximum Gasteiger partial charge on any atom is 0.257 e. The summed E-state index contributed by atoms with van der Waals surface area (Å²) >= 11 is 0. The first-order valence-electron chi connectivity index (χ1n) is 9.59. The summed E-state index contributed by atoms with van der Waals surface area (Å²) in [6.45, 7) is 8.67. The van der Waals surface area contributed by atoms with Crippen LogP contribution in [0.2, 0.25) is 0 Å². The highest BCUT2D eigenvalue weighted by atomic mass is 16.5. The van der Waals surface area contributed by atoms with Gasteiger partial charge in [-0.3, -0.25) is 4.79 Å². The van der Waals surface area contributed by atoms with Gasteiger partial charge in [0.15, 0.2) is 0 Å². The van der Waals surface area contributed by atoms with Gasteiger partial charge < -0.3 is 14.8 Å². The molecule has 2 aromatic rings. The highest BCUT2D eigenvalue weighted by Gasteiger charge is 2.39. The molecule has 1 aromatic heterocycles. The molecule has 1 saturated heterocycles. The van der Waals surface area contributed by atoms with Gasteiger partial charge in [0.25, 0.3) is 5.56 Å². The monoisotopic (exact) mass is 355 g/mol. The number of ether oxygens (including phenoxy) is 1. The van der Waals surface area contributed by atoms with E-state index in [1.54, 1.807) is 6.20 Å². The van der Waals surface area contributed by atoms with Crippen molar-refractivity contribution < 1.29 is 9.84 Å². The summed E-state index contributed by atoms with van der Waals surface area (Å²) < 4.78 is 6.42. The Hall–Kier alpha value is -2.07. The van der Waals surface area contributed by atoms with Gasteiger partial charge in [-0.25, -0.2) is 0 Å². The number of benzene rings is 1. The average molecular weight is 355 g/mol. The molecule has 0 amide bonds. The molecule has 2 heterocycles. The Labute approximate surface area is 155 Å². The summed E-state index contributed by atoms with van der Waals surface area (Å²) in [5.74, 6) is 1.06. The van der Waals surface area contributed by atoms with Gasteiger partial charge in [-0.15, -0.1) is 0 Å². The Morgan fingerprint density at radius 1 is 1.23 bits per heavy atom. The standard InChI is InChI=1S/C22H29NO3/c1-5-13(2)20-14(3)11-15(4)21(26-20)18-19(24)17(12-23-22(18)25)16-9-7-6-8-10-16/h6-10,12-15,20-21H,5,11H2,1-4H3,(H2,23,24,25). The maximum absolute atomic E-state index is 12.6. The zero-order valence-corrected chi connectivity index (χ0v) is 16.0. The second-order valence-corrected chi connectivity index (χ2v) is 7.76. The van der Waals surface area contributed by atoms with Gasteiger partial charge in [-0.05, 0) is 29.7 Å². The van der Waals surface area contributed by atoms with Crippen LogP contribution in [0.1, 0.15) is 52.2 Å². The second-order valence-electron chi connectivity index (χ2n) is 7.76. The van der Waals surface area contributed by atoms with Gasteiger partial charge in [0.05, 0.1) is 17.8 Å². The summed E-state index contributed by atoms with van der Waals surface area (Å²) in [5, 5.41) is 10.9. The molecular weight excluding hydrogens is 326 g/mol. The fourth-order valence-electron chi connectivity index (χ4n) is 4.20. The SMILES string of the molecule is CCC(C)C1OC(c2c(O)c(-c3ccccc3)c[nH]c2=O)C(C)CC1C. The van der Waals surface area contributed by atoms with Crippen LogP contribution in [-0.2, 0) is 4.74 Å². The Morgan fingerprint density at radius 2 is 1.92 bits per heavy atom. The molecule has 3 rings (SSSR count). The summed E-state index contributed by atoms with van der Waals surface area (Å²) in [6, 6.07) is 9.61. The maximum atomic E-state index is 12.6. The van der Waals surface area contributed by atoms with Crippen molar-refractivity contribution in [2.75, 3.05) is 0 Å². The van der Waals surface area contributed by atoms with Crippen molar-refractivity contribution in [3.63, 3.8) is 0 Å². The molecule has 5 unspecified atom stereocenters. The summed E-state index contributed by atoms with van der Waals surface area (Å²) in [4.78, 5) is 15.4. The quantitative estimate of drug-likeness (QED) is 0.820. The molecule has 0 radical (unpaired) electrons. The summed E-state index contributed by atoms with van der Waals surface area (Å²) in [5.41, 5.74) is 1.60. The first-order valence-corrected chi connectivity index (χ1v) is 9.59. The molecule has 4 heteroatoms. The molecule has 2 N–H and O–H groups in total. The third-order valence-electron chi connectivity index (χ3n) is 5.80. The Balaban J connectivity index is 2.04. The van der Waals surface area contributed by atoms with Crippen molar-refractivity contribution in [2.45, 2.75) is 52.7 Å². The largest absolute Gasteiger partial charge is 0.507 e. The van der Waals surface area contributed by atoms with Crippen LogP contribution in [0.3, 0.4) is 0 Å². The van der Waals surface area contributed by atoms with Crippen LogP contribution in [0, 0.1) is 17.8 Å². The number of aromatic nitrogens is 1. The molecule has 0 bridgehead atoms. The van der Waals surface area contributed by atoms with Crippen molar-refractivity contribution >= 4 is 0 Å². The molecule has 1 aliphatic rings. The predicted molar refractivity (Wildman–Crippen MR) is 104 cm³/mol. The molecular formula is C22H29NO3. The molecule has 140 valence electrons. The van der Waals surface area contributed by atoms with E-state index < -0.39 is 6.10 Å². The van der Waals surface area contributed by atoms with Gasteiger partial charge in [-0.1, -0.05) is 64.4 Å². The number of aromatic amines is 1. The minimum absolute atomic E-state index is 0.0363. The van der Waals surface area contributed by atoms with Gasteiger partial charge in [0, 0.05) is 11.8 Å². The van der Waals surface area contributed by atoms with Crippen molar-refractivity contribution in [1.82, 2.24) is 4.98 Å². The molecule has 1 fully saturated rings. The fourth-order valence-corrected chi connectivity index (χ4v) is 4.20. The lowest BCUT2D eigenvalue weighted by atomic mass is 9.79. The number of H-pyrrole nitrogens is 1. The number of nitrogens with one attached hydrogen (secondary N) is 1. The van der Waals surface area contributed by atoms with Gasteiger partial charge >= 0.3 is 0 Å². The van der Waals surface area contributed by atoms with Crippen LogP contribution in [0.5, 0.6) is 5.75 Å². The number of hydrogen-bond acceptors (Lipinski definition) is 3. The fraction of sp³-hybridized carbons (Fsp3) is 0.500. The van der Waals surface area contributed by atoms with Gasteiger partial charge in [0.2, 0.25) is 0 Å². The van der Waals surface area contributed by atoms with Gasteiger partial charge in [-0.2, -0.15) is 0 Å². The van der Waals surface area contributed by atoms with Crippen molar-refractivity contribution in [3.8, 4) is 16.9 Å². The number of rotatable bonds is 4. The number of hydrogen-bond donors (Lipinski definition) is 2. The smallest absolute Gasteiger partial charge is 0.257 e. The van der Waals surface area contributed by atoms with E-state index in [9.17, 15) is 9.90 Å². The zero-order chi connectivity index (χ0) is 18.8. The van der Waals surface area contributed by atoms with Crippen molar-refractivity contribution in [1.29, 1.82) is 0 Å². The number of pyridine rings is 1. The summed E-state index contributed by atoms with van der Waals surface area (Å²) in [7, 11) is 0. The Morgan fingerprint density at radius 3 is 2.58 bits per heavy atom. The van der Waals surface area contributed by atoms with Crippen molar-refractivity contribution in [2.24, 2.45) is 17.8 Å². The molecule has 0 spiro atoms. The van der Waals surface area contributed by atoms with Crippen LogP contribution in [-0.4, -0.2) is 16.2 Å². The van der Waals surface area contributed by atoms with Crippen LogP contribution < -0.4 is 5.56 Å². The highest BCUT2D eigenvalue weighted by Crippen LogP contribution is 2.44. The molecule has 1 aromatic carbocycles. The lowest BCUT2D eigenvalue weighted by Crippen LogP contribution is -2.40. The van der Waals surface area contributed by atoms with Crippen LogP contribution in [0.25, 0.3) is 11.1 Å². The molecule has 26 heavy (non-hydrogen) atoms. The van der Waals surface area contributed by atoms with E-state index in [0.29, 0.717) is 23.0 Å². The van der Waals surface area contributed by atoms with E-state index in [1.807, 2.05) is 30.3 Å². The third kappa shape index (κ3) is 3.43. The minimum Gasteiger partial charge on any atom is -0.507 e. The normalized spacial score (nSPS) is 27.2. The third-order valence-corrected chi connectivity index (χ3v) is 5.80. The van der Waals surface area contributed by atoms with Crippen LogP contribution in [0.15, 0.2) is 41.3 Å². The lowest BCUT2D eigenvalue weighted by molar-refractivity contribution is -0.132. The van der Waals surface area contributed by atoms with Crippen LogP contribution in [0.4, 0.5) is 0 Å². The molecule has 0 saturated carbocycles. The van der Waals surface area contributed by atoms with E-state index in [0.717, 1.165) is 18.4 Å². The first kappa shape index (κ1) is 18.7. The molecule has 0 aliphatic carbocycles. The van der Waals surface area contributed by atoms with E-state index in [1.165, 1.54) is 0 Å². The number of aromatic hydroxyl groups is 1. The molecule has 4 nitrogen and oxygen atoms in total. The first-order chi connectivity index (χ1) is 12.4. The second kappa shape index (κ2) is 7.67.